The molecule has 3 rings (SSSR count). The Morgan fingerprint density at radius 1 is 1.28 bits per heavy atom. The summed E-state index contributed by atoms with van der Waals surface area (Å²) in [6.45, 7) is 6.97. The zero-order chi connectivity index (χ0) is 18.0. The van der Waals surface area contributed by atoms with E-state index in [1.165, 1.54) is 23.9 Å². The third-order valence-corrected chi connectivity index (χ3v) is 6.01. The molecule has 4 nitrogen and oxygen atoms in total. The van der Waals surface area contributed by atoms with E-state index >= 15 is 0 Å². The number of aromatic nitrogens is 2. The molecular formula is C18H19FN2O2S2. The maximum atomic E-state index is 12.9. The largest absolute Gasteiger partial charge is 0.493 e. The lowest BCUT2D eigenvalue weighted by Gasteiger charge is -2.10. The number of ether oxygens (including phenoxy) is 1. The number of aryl methyl sites for hydroxylation is 2. The predicted molar refractivity (Wildman–Crippen MR) is 102 cm³/mol. The van der Waals surface area contributed by atoms with Crippen molar-refractivity contribution in [2.45, 2.75) is 32.5 Å². The lowest BCUT2D eigenvalue weighted by molar-refractivity contribution is 0.343. The Kier molecular flexibility index (Phi) is 5.44. The highest BCUT2D eigenvalue weighted by Gasteiger charge is 2.15. The van der Waals surface area contributed by atoms with E-state index in [1.54, 1.807) is 28.0 Å². The fourth-order valence-electron chi connectivity index (χ4n) is 2.52. The monoisotopic (exact) mass is 378 g/mol. The van der Waals surface area contributed by atoms with Gasteiger partial charge in [-0.15, -0.1) is 11.3 Å². The number of thioether (sulfide) groups is 1. The van der Waals surface area contributed by atoms with Crippen LogP contribution in [0.3, 0.4) is 0 Å². The molecule has 0 atom stereocenters. The van der Waals surface area contributed by atoms with Crippen molar-refractivity contribution in [1.29, 1.82) is 0 Å². The van der Waals surface area contributed by atoms with Crippen molar-refractivity contribution >= 4 is 33.3 Å². The highest BCUT2D eigenvalue weighted by Crippen LogP contribution is 2.28. The predicted octanol–water partition coefficient (Wildman–Crippen LogP) is 4.40. The fraction of sp³-hybridized carbons (Fsp3) is 0.333. The molecule has 0 spiro atoms. The summed E-state index contributed by atoms with van der Waals surface area (Å²) in [4.78, 5) is 19.4. The molecule has 0 N–H and O–H groups in total. The van der Waals surface area contributed by atoms with E-state index in [2.05, 4.69) is 4.98 Å². The van der Waals surface area contributed by atoms with Gasteiger partial charge >= 0.3 is 0 Å². The second kappa shape index (κ2) is 7.58. The number of hydrogen-bond donors (Lipinski definition) is 0. The van der Waals surface area contributed by atoms with Crippen LogP contribution in [-0.2, 0) is 6.54 Å². The van der Waals surface area contributed by atoms with Crippen molar-refractivity contribution in [3.63, 3.8) is 0 Å². The second-order valence-electron chi connectivity index (χ2n) is 5.56. The van der Waals surface area contributed by atoms with E-state index in [4.69, 9.17) is 4.74 Å². The van der Waals surface area contributed by atoms with Crippen LogP contribution in [0.2, 0.25) is 0 Å². The van der Waals surface area contributed by atoms with E-state index in [0.717, 1.165) is 20.7 Å². The molecule has 1 aromatic carbocycles. The van der Waals surface area contributed by atoms with Crippen molar-refractivity contribution < 1.29 is 9.13 Å². The summed E-state index contributed by atoms with van der Waals surface area (Å²) in [5.41, 5.74) is 1.05. The first-order valence-electron chi connectivity index (χ1n) is 8.03. The first kappa shape index (κ1) is 17.9. The first-order chi connectivity index (χ1) is 12.0. The summed E-state index contributed by atoms with van der Waals surface area (Å²) in [5, 5.41) is 1.44. The molecule has 0 bridgehead atoms. The van der Waals surface area contributed by atoms with Crippen molar-refractivity contribution in [3.05, 3.63) is 50.9 Å². The molecule has 0 unspecified atom stereocenters. The van der Waals surface area contributed by atoms with Crippen LogP contribution < -0.4 is 10.3 Å². The summed E-state index contributed by atoms with van der Waals surface area (Å²) in [6, 6.07) is 5.94. The Labute approximate surface area is 153 Å². The topological polar surface area (TPSA) is 44.1 Å². The molecule has 0 saturated carbocycles. The minimum absolute atomic E-state index is 0.0244. The average molecular weight is 378 g/mol. The van der Waals surface area contributed by atoms with Gasteiger partial charge in [0.25, 0.3) is 5.56 Å². The van der Waals surface area contributed by atoms with Crippen LogP contribution in [0.15, 0.2) is 34.2 Å². The molecule has 3 aromatic rings. The van der Waals surface area contributed by atoms with Gasteiger partial charge in [-0.05, 0) is 50.6 Å². The lowest BCUT2D eigenvalue weighted by Crippen LogP contribution is -2.22. The van der Waals surface area contributed by atoms with Gasteiger partial charge in [0.15, 0.2) is 5.16 Å². The number of nitrogens with zero attached hydrogens (tertiary/aromatic N) is 2. The van der Waals surface area contributed by atoms with Gasteiger partial charge in [-0.3, -0.25) is 9.36 Å². The normalized spacial score (nSPS) is 11.2. The fourth-order valence-corrected chi connectivity index (χ4v) is 4.47. The van der Waals surface area contributed by atoms with Gasteiger partial charge in [0, 0.05) is 17.2 Å². The lowest BCUT2D eigenvalue weighted by atomic mass is 10.2. The second-order valence-corrected chi connectivity index (χ2v) is 7.82. The number of hydrogen-bond acceptors (Lipinski definition) is 5. The van der Waals surface area contributed by atoms with Crippen LogP contribution in [0.5, 0.6) is 5.75 Å². The van der Waals surface area contributed by atoms with Crippen LogP contribution >= 0.6 is 23.1 Å². The molecule has 132 valence electrons. The van der Waals surface area contributed by atoms with Crippen molar-refractivity contribution in [2.24, 2.45) is 0 Å². The molecule has 0 amide bonds. The third kappa shape index (κ3) is 3.72. The van der Waals surface area contributed by atoms with Gasteiger partial charge in [-0.25, -0.2) is 9.37 Å². The van der Waals surface area contributed by atoms with Crippen molar-refractivity contribution in [1.82, 2.24) is 9.55 Å². The van der Waals surface area contributed by atoms with Gasteiger partial charge in [0.05, 0.1) is 12.0 Å². The first-order valence-corrected chi connectivity index (χ1v) is 9.83. The molecule has 0 aliphatic rings. The van der Waals surface area contributed by atoms with E-state index in [0.29, 0.717) is 29.8 Å². The van der Waals surface area contributed by atoms with E-state index in [-0.39, 0.29) is 11.4 Å². The number of thiophene rings is 1. The van der Waals surface area contributed by atoms with Crippen LogP contribution in [0.25, 0.3) is 10.2 Å². The van der Waals surface area contributed by atoms with Crippen molar-refractivity contribution in [2.75, 3.05) is 12.4 Å². The van der Waals surface area contributed by atoms with Crippen molar-refractivity contribution in [3.8, 4) is 5.75 Å². The standard InChI is InChI=1S/C18H19FN2O2S2/c1-4-21-17(22)15-11(2)12(3)25-16(15)20-18(21)24-10-9-23-14-7-5-13(19)6-8-14/h5-8H,4,9-10H2,1-3H3. The average Bonchev–Trinajstić information content (AvgIpc) is 2.88. The minimum Gasteiger partial charge on any atom is -0.493 e. The number of halogens is 1. The molecular weight excluding hydrogens is 359 g/mol. The van der Waals surface area contributed by atoms with Crippen LogP contribution in [-0.4, -0.2) is 21.9 Å². The molecule has 7 heteroatoms. The maximum absolute atomic E-state index is 12.9. The summed E-state index contributed by atoms with van der Waals surface area (Å²) in [7, 11) is 0. The quantitative estimate of drug-likeness (QED) is 0.362. The Hall–Kier alpha value is -1.86. The number of benzene rings is 1. The SMILES string of the molecule is CCn1c(SCCOc2ccc(F)cc2)nc2sc(C)c(C)c2c1=O. The van der Waals surface area contributed by atoms with Crippen LogP contribution in [0, 0.1) is 19.7 Å². The zero-order valence-corrected chi connectivity index (χ0v) is 16.0. The molecule has 0 fully saturated rings. The Morgan fingerprint density at radius 2 is 2.00 bits per heavy atom. The van der Waals surface area contributed by atoms with Crippen LogP contribution in [0.4, 0.5) is 4.39 Å². The van der Waals surface area contributed by atoms with Crippen LogP contribution in [0.1, 0.15) is 17.4 Å². The molecule has 2 heterocycles. The minimum atomic E-state index is -0.285. The van der Waals surface area contributed by atoms with Gasteiger partial charge < -0.3 is 4.74 Å². The molecule has 25 heavy (non-hydrogen) atoms. The molecule has 0 aliphatic heterocycles. The smallest absolute Gasteiger partial charge is 0.263 e. The van der Waals surface area contributed by atoms with Gasteiger partial charge in [-0.2, -0.15) is 0 Å². The highest BCUT2D eigenvalue weighted by molar-refractivity contribution is 7.99. The van der Waals surface area contributed by atoms with Gasteiger partial charge in [0.1, 0.15) is 16.4 Å². The molecule has 0 aliphatic carbocycles. The van der Waals surface area contributed by atoms with Gasteiger partial charge in [0.2, 0.25) is 0 Å². The molecule has 0 radical (unpaired) electrons. The summed E-state index contributed by atoms with van der Waals surface area (Å²) in [6.07, 6.45) is 0. The van der Waals surface area contributed by atoms with E-state index in [9.17, 15) is 9.18 Å². The highest BCUT2D eigenvalue weighted by atomic mass is 32.2. The Morgan fingerprint density at radius 3 is 2.68 bits per heavy atom. The molecule has 2 aromatic heterocycles. The Bertz CT molecular complexity index is 948. The third-order valence-electron chi connectivity index (χ3n) is 3.97. The maximum Gasteiger partial charge on any atom is 0.263 e. The summed E-state index contributed by atoms with van der Waals surface area (Å²) in [5.74, 6) is 0.995. The van der Waals surface area contributed by atoms with E-state index < -0.39 is 0 Å². The zero-order valence-electron chi connectivity index (χ0n) is 14.3. The molecule has 0 saturated heterocycles. The Balaban J connectivity index is 1.74. The van der Waals surface area contributed by atoms with E-state index in [1.807, 2.05) is 20.8 Å². The van der Waals surface area contributed by atoms with Gasteiger partial charge in [-0.1, -0.05) is 11.8 Å². The number of rotatable bonds is 6. The summed E-state index contributed by atoms with van der Waals surface area (Å²) >= 11 is 3.06. The number of fused-ring (bicyclic) bond motifs is 1. The summed E-state index contributed by atoms with van der Waals surface area (Å²) < 4.78 is 20.2.